The molecule has 2 aliphatic rings. The van der Waals surface area contributed by atoms with Gasteiger partial charge in [-0.25, -0.2) is 0 Å². The van der Waals surface area contributed by atoms with Crippen molar-refractivity contribution >= 4 is 11.8 Å². The van der Waals surface area contributed by atoms with Gasteiger partial charge in [-0.15, -0.1) is 0 Å². The van der Waals surface area contributed by atoms with E-state index in [9.17, 15) is 9.59 Å². The van der Waals surface area contributed by atoms with Crippen LogP contribution in [0.2, 0.25) is 0 Å². The van der Waals surface area contributed by atoms with E-state index < -0.39 is 5.41 Å². The lowest BCUT2D eigenvalue weighted by Crippen LogP contribution is -2.52. The van der Waals surface area contributed by atoms with Crippen molar-refractivity contribution in [3.8, 4) is 5.75 Å². The number of ether oxygens (including phenoxy) is 2. The van der Waals surface area contributed by atoms with Crippen LogP contribution in [0.15, 0.2) is 36.4 Å². The van der Waals surface area contributed by atoms with E-state index >= 15 is 0 Å². The molecular formula is C21H29N3O4. The largest absolute Gasteiger partial charge is 0.490 e. The maximum Gasteiger partial charge on any atom is 0.251 e. The van der Waals surface area contributed by atoms with E-state index in [0.29, 0.717) is 37.7 Å². The van der Waals surface area contributed by atoms with Crippen LogP contribution in [0.25, 0.3) is 0 Å². The molecule has 2 aliphatic heterocycles. The maximum atomic E-state index is 12.9. The van der Waals surface area contributed by atoms with Crippen molar-refractivity contribution in [2.75, 3.05) is 39.5 Å². The Labute approximate surface area is 165 Å². The van der Waals surface area contributed by atoms with E-state index in [2.05, 4.69) is 16.0 Å². The zero-order valence-corrected chi connectivity index (χ0v) is 16.3. The lowest BCUT2D eigenvalue weighted by atomic mass is 9.78. The lowest BCUT2D eigenvalue weighted by molar-refractivity contribution is -0.136. The van der Waals surface area contributed by atoms with Gasteiger partial charge in [-0.05, 0) is 57.1 Å². The number of hydrogen-bond donors (Lipinski definition) is 3. The van der Waals surface area contributed by atoms with E-state index in [-0.39, 0.29) is 17.9 Å². The van der Waals surface area contributed by atoms with Crippen molar-refractivity contribution in [2.24, 2.45) is 5.41 Å². The molecule has 0 radical (unpaired) electrons. The van der Waals surface area contributed by atoms with Crippen molar-refractivity contribution in [1.82, 2.24) is 16.0 Å². The number of carbonyl (C=O) groups excluding carboxylic acids is 2. The standard InChI is InChI=1S/C21H29N3O4/c1-16-14-23-20(26)21(7-9-22-10-8-21)15-27-11-2-3-12-28-18-6-4-5-17(13-18)19(25)24-16/h2-6,13,16,22H,7-12,14-15H2,1H3,(H,23,26)(H,24,25)/b3-2+/t16-/m1/s1. The molecule has 1 saturated heterocycles. The third-order valence-electron chi connectivity index (χ3n) is 5.19. The molecule has 0 aliphatic carbocycles. The normalized spacial score (nSPS) is 25.1. The SMILES string of the molecule is C[C@@H]1CNC(=O)C2(CCNCC2)COC/C=C/COc2cccc(c2)C(=O)N1. The van der Waals surface area contributed by atoms with Crippen LogP contribution in [0.1, 0.15) is 30.1 Å². The summed E-state index contributed by atoms with van der Waals surface area (Å²) in [6.45, 7) is 5.04. The van der Waals surface area contributed by atoms with Gasteiger partial charge in [0.2, 0.25) is 5.91 Å². The summed E-state index contributed by atoms with van der Waals surface area (Å²) in [4.78, 5) is 25.4. The second kappa shape index (κ2) is 9.71. The van der Waals surface area contributed by atoms with Crippen LogP contribution in [0, 0.1) is 5.41 Å². The highest BCUT2D eigenvalue weighted by atomic mass is 16.5. The molecule has 1 aromatic rings. The minimum atomic E-state index is -0.528. The topological polar surface area (TPSA) is 88.7 Å². The van der Waals surface area contributed by atoms with Crippen LogP contribution in [-0.4, -0.2) is 57.3 Å². The predicted octanol–water partition coefficient (Wildman–Crippen LogP) is 1.26. The summed E-state index contributed by atoms with van der Waals surface area (Å²) < 4.78 is 11.5. The van der Waals surface area contributed by atoms with Crippen LogP contribution < -0.4 is 20.7 Å². The fraction of sp³-hybridized carbons (Fsp3) is 0.524. The number of benzene rings is 1. The van der Waals surface area contributed by atoms with Crippen LogP contribution in [0.4, 0.5) is 0 Å². The van der Waals surface area contributed by atoms with Gasteiger partial charge < -0.3 is 25.4 Å². The van der Waals surface area contributed by atoms with E-state index in [1.807, 2.05) is 25.1 Å². The fourth-order valence-corrected chi connectivity index (χ4v) is 3.46. The summed E-state index contributed by atoms with van der Waals surface area (Å²) in [6.07, 6.45) is 5.24. The number of amides is 2. The second-order valence-electron chi connectivity index (χ2n) is 7.44. The van der Waals surface area contributed by atoms with E-state index in [1.54, 1.807) is 18.2 Å². The first-order chi connectivity index (χ1) is 13.6. The molecule has 1 spiro atoms. The molecule has 0 unspecified atom stereocenters. The molecule has 3 rings (SSSR count). The van der Waals surface area contributed by atoms with Gasteiger partial charge >= 0.3 is 0 Å². The summed E-state index contributed by atoms with van der Waals surface area (Å²) in [6, 6.07) is 6.87. The van der Waals surface area contributed by atoms with E-state index in [0.717, 1.165) is 25.9 Å². The van der Waals surface area contributed by atoms with Gasteiger partial charge in [0.25, 0.3) is 5.91 Å². The summed E-state index contributed by atoms with van der Waals surface area (Å²) in [7, 11) is 0. The summed E-state index contributed by atoms with van der Waals surface area (Å²) in [5, 5.41) is 9.24. The molecule has 0 saturated carbocycles. The monoisotopic (exact) mass is 387 g/mol. The number of carbonyl (C=O) groups is 2. The minimum absolute atomic E-state index is 0.00581. The highest BCUT2D eigenvalue weighted by Gasteiger charge is 2.39. The molecule has 3 N–H and O–H groups in total. The second-order valence-corrected chi connectivity index (χ2v) is 7.44. The van der Waals surface area contributed by atoms with Crippen LogP contribution in [0.3, 0.4) is 0 Å². The Hall–Kier alpha value is -2.38. The van der Waals surface area contributed by atoms with Gasteiger partial charge in [0.05, 0.1) is 18.6 Å². The van der Waals surface area contributed by atoms with Crippen molar-refractivity contribution in [2.45, 2.75) is 25.8 Å². The third kappa shape index (κ3) is 5.33. The number of fused-ring (bicyclic) bond motifs is 2. The van der Waals surface area contributed by atoms with E-state index in [4.69, 9.17) is 9.47 Å². The third-order valence-corrected chi connectivity index (χ3v) is 5.19. The molecular weight excluding hydrogens is 358 g/mol. The molecule has 2 heterocycles. The van der Waals surface area contributed by atoms with Gasteiger partial charge in [0.1, 0.15) is 12.4 Å². The van der Waals surface area contributed by atoms with Crippen LogP contribution in [-0.2, 0) is 9.53 Å². The zero-order chi connectivity index (χ0) is 19.8. The smallest absolute Gasteiger partial charge is 0.251 e. The first-order valence-corrected chi connectivity index (χ1v) is 9.85. The summed E-state index contributed by atoms with van der Waals surface area (Å²) >= 11 is 0. The molecule has 0 aromatic heterocycles. The molecule has 7 nitrogen and oxygen atoms in total. The van der Waals surface area contributed by atoms with Crippen molar-refractivity contribution in [1.29, 1.82) is 0 Å². The van der Waals surface area contributed by atoms with Crippen molar-refractivity contribution < 1.29 is 19.1 Å². The number of rotatable bonds is 0. The Morgan fingerprint density at radius 3 is 2.71 bits per heavy atom. The number of nitrogens with one attached hydrogen (secondary N) is 3. The lowest BCUT2D eigenvalue weighted by Gasteiger charge is -2.36. The first-order valence-electron chi connectivity index (χ1n) is 9.85. The minimum Gasteiger partial charge on any atom is -0.490 e. The fourth-order valence-electron chi connectivity index (χ4n) is 3.46. The molecule has 1 atom stereocenters. The average Bonchev–Trinajstić information content (AvgIpc) is 2.71. The van der Waals surface area contributed by atoms with Gasteiger partial charge in [0, 0.05) is 18.2 Å². The molecule has 1 aromatic carbocycles. The molecule has 2 amide bonds. The van der Waals surface area contributed by atoms with Crippen LogP contribution >= 0.6 is 0 Å². The molecule has 1 fully saturated rings. The predicted molar refractivity (Wildman–Crippen MR) is 106 cm³/mol. The first kappa shape index (κ1) is 20.4. The molecule has 2 bridgehead atoms. The molecule has 7 heteroatoms. The van der Waals surface area contributed by atoms with Gasteiger partial charge in [-0.1, -0.05) is 12.1 Å². The molecule has 28 heavy (non-hydrogen) atoms. The Kier molecular flexibility index (Phi) is 7.06. The Bertz CT molecular complexity index is 713. The Morgan fingerprint density at radius 1 is 1.11 bits per heavy atom. The number of piperidine rings is 1. The highest BCUT2D eigenvalue weighted by Crippen LogP contribution is 2.29. The zero-order valence-electron chi connectivity index (χ0n) is 16.3. The highest BCUT2D eigenvalue weighted by molar-refractivity contribution is 5.94. The van der Waals surface area contributed by atoms with Crippen molar-refractivity contribution in [3.63, 3.8) is 0 Å². The maximum absolute atomic E-state index is 12.9. The van der Waals surface area contributed by atoms with Gasteiger partial charge in [-0.2, -0.15) is 0 Å². The number of hydrogen-bond acceptors (Lipinski definition) is 5. The van der Waals surface area contributed by atoms with Crippen LogP contribution in [0.5, 0.6) is 5.75 Å². The average molecular weight is 387 g/mol. The van der Waals surface area contributed by atoms with E-state index in [1.165, 1.54) is 0 Å². The Morgan fingerprint density at radius 2 is 1.89 bits per heavy atom. The van der Waals surface area contributed by atoms with Gasteiger partial charge in [-0.3, -0.25) is 9.59 Å². The summed E-state index contributed by atoms with van der Waals surface area (Å²) in [5.41, 5.74) is 0.00188. The summed E-state index contributed by atoms with van der Waals surface area (Å²) in [5.74, 6) is 0.442. The quantitative estimate of drug-likeness (QED) is 0.583. The van der Waals surface area contributed by atoms with Gasteiger partial charge in [0.15, 0.2) is 0 Å². The van der Waals surface area contributed by atoms with Crippen molar-refractivity contribution in [3.05, 3.63) is 42.0 Å². The Balaban J connectivity index is 1.73. The molecule has 152 valence electrons.